The van der Waals surface area contributed by atoms with E-state index in [1.54, 1.807) is 6.19 Å². The van der Waals surface area contributed by atoms with Gasteiger partial charge in [0.05, 0.1) is 0 Å². The van der Waals surface area contributed by atoms with Gasteiger partial charge in [-0.2, -0.15) is 10.2 Å². The van der Waals surface area contributed by atoms with Gasteiger partial charge in [0.25, 0.3) is 11.8 Å². The van der Waals surface area contributed by atoms with Gasteiger partial charge in [-0.15, -0.1) is 0 Å². The molecular formula is C16H12N2O2. The summed E-state index contributed by atoms with van der Waals surface area (Å²) in [7, 11) is 0. The Balaban J connectivity index is 1.93. The molecule has 0 spiro atoms. The van der Waals surface area contributed by atoms with Crippen molar-refractivity contribution in [2.75, 3.05) is 0 Å². The van der Waals surface area contributed by atoms with Crippen LogP contribution in [0.5, 0.6) is 0 Å². The third-order valence-corrected chi connectivity index (χ3v) is 4.95. The second-order valence-corrected chi connectivity index (χ2v) is 5.72. The van der Waals surface area contributed by atoms with Gasteiger partial charge in [-0.05, 0) is 30.7 Å². The molecule has 4 rings (SSSR count). The summed E-state index contributed by atoms with van der Waals surface area (Å²) in [5.41, 5.74) is 1.94. The summed E-state index contributed by atoms with van der Waals surface area (Å²) < 4.78 is 0. The lowest BCUT2D eigenvalue weighted by molar-refractivity contribution is -0.134. The fraction of sp³-hybridized carbons (Fsp3) is 0.312. The number of hydrogen-bond donors (Lipinski definition) is 0. The van der Waals surface area contributed by atoms with Gasteiger partial charge in [0.15, 0.2) is 6.19 Å². The zero-order valence-electron chi connectivity index (χ0n) is 10.8. The van der Waals surface area contributed by atoms with Crippen LogP contribution in [0.15, 0.2) is 41.5 Å². The van der Waals surface area contributed by atoms with Crippen LogP contribution in [0, 0.1) is 17.4 Å². The standard InChI is InChI=1S/C16H12N2O2/c17-9-18-14(19)12-10-6-7-16(8-10,13(12)15(18)20)11-4-2-1-3-5-11/h1-5,10H,6-8H2. The highest BCUT2D eigenvalue weighted by Crippen LogP contribution is 2.60. The molecule has 1 fully saturated rings. The molecule has 20 heavy (non-hydrogen) atoms. The molecule has 98 valence electrons. The van der Waals surface area contributed by atoms with Gasteiger partial charge in [0.1, 0.15) is 0 Å². The van der Waals surface area contributed by atoms with Crippen LogP contribution in [0.1, 0.15) is 24.8 Å². The van der Waals surface area contributed by atoms with Crippen molar-refractivity contribution < 1.29 is 9.59 Å². The van der Waals surface area contributed by atoms with E-state index in [4.69, 9.17) is 5.26 Å². The minimum atomic E-state index is -0.404. The molecule has 0 saturated heterocycles. The number of likely N-dealkylation sites (tertiary alicyclic amines) is 1. The highest BCUT2D eigenvalue weighted by atomic mass is 16.2. The number of imide groups is 1. The van der Waals surface area contributed by atoms with Gasteiger partial charge in [-0.1, -0.05) is 30.3 Å². The Morgan fingerprint density at radius 2 is 1.95 bits per heavy atom. The lowest BCUT2D eigenvalue weighted by atomic mass is 9.73. The van der Waals surface area contributed by atoms with Crippen molar-refractivity contribution in [1.29, 1.82) is 5.26 Å². The maximum atomic E-state index is 12.4. The molecule has 0 aromatic heterocycles. The summed E-state index contributed by atoms with van der Waals surface area (Å²) in [4.78, 5) is 25.4. The van der Waals surface area contributed by atoms with Crippen LogP contribution in [0.3, 0.4) is 0 Å². The molecule has 2 unspecified atom stereocenters. The van der Waals surface area contributed by atoms with Gasteiger partial charge >= 0.3 is 0 Å². The largest absolute Gasteiger partial charge is 0.271 e. The summed E-state index contributed by atoms with van der Waals surface area (Å²) in [5.74, 6) is -0.659. The number of nitriles is 1. The predicted molar refractivity (Wildman–Crippen MR) is 70.0 cm³/mol. The Hall–Kier alpha value is -2.41. The molecule has 2 aliphatic carbocycles. The fourth-order valence-electron chi connectivity index (χ4n) is 4.16. The van der Waals surface area contributed by atoms with E-state index in [0.29, 0.717) is 11.1 Å². The number of amides is 2. The zero-order chi connectivity index (χ0) is 13.9. The summed E-state index contributed by atoms with van der Waals surface area (Å²) >= 11 is 0. The quantitative estimate of drug-likeness (QED) is 0.574. The maximum absolute atomic E-state index is 12.4. The second kappa shape index (κ2) is 3.57. The number of carbonyl (C=O) groups excluding carboxylic acids is 2. The van der Waals surface area contributed by atoms with Gasteiger partial charge in [-0.25, -0.2) is 0 Å². The molecule has 0 radical (unpaired) electrons. The van der Waals surface area contributed by atoms with Crippen LogP contribution < -0.4 is 0 Å². The van der Waals surface area contributed by atoms with Gasteiger partial charge in [-0.3, -0.25) is 9.59 Å². The van der Waals surface area contributed by atoms with Crippen molar-refractivity contribution in [1.82, 2.24) is 4.90 Å². The van der Waals surface area contributed by atoms with Crippen molar-refractivity contribution in [3.63, 3.8) is 0 Å². The Labute approximate surface area is 116 Å². The normalized spacial score (nSPS) is 30.9. The van der Waals surface area contributed by atoms with E-state index >= 15 is 0 Å². The Bertz CT molecular complexity index is 714. The number of nitrogens with zero attached hydrogens (tertiary/aromatic N) is 2. The molecule has 3 aliphatic rings. The number of rotatable bonds is 1. The minimum absolute atomic E-state index is 0.139. The van der Waals surface area contributed by atoms with Gasteiger partial charge in [0, 0.05) is 16.6 Å². The molecule has 1 heterocycles. The fourth-order valence-corrected chi connectivity index (χ4v) is 4.16. The molecule has 4 nitrogen and oxygen atoms in total. The van der Waals surface area contributed by atoms with Crippen LogP contribution in [-0.4, -0.2) is 16.7 Å². The topological polar surface area (TPSA) is 61.2 Å². The minimum Gasteiger partial charge on any atom is -0.268 e. The highest BCUT2D eigenvalue weighted by molar-refractivity contribution is 6.22. The summed E-state index contributed by atoms with van der Waals surface area (Å²) in [5, 5.41) is 9.02. The molecule has 2 atom stereocenters. The number of carbonyl (C=O) groups is 2. The van der Waals surface area contributed by atoms with Crippen molar-refractivity contribution >= 4 is 11.8 Å². The lowest BCUT2D eigenvalue weighted by Crippen LogP contribution is -2.33. The third-order valence-electron chi connectivity index (χ3n) is 4.95. The number of hydrogen-bond acceptors (Lipinski definition) is 3. The lowest BCUT2D eigenvalue weighted by Gasteiger charge is -2.29. The van der Waals surface area contributed by atoms with Crippen LogP contribution in [0.25, 0.3) is 0 Å². The van der Waals surface area contributed by atoms with Crippen LogP contribution in [0.2, 0.25) is 0 Å². The Morgan fingerprint density at radius 1 is 1.20 bits per heavy atom. The zero-order valence-corrected chi connectivity index (χ0v) is 10.8. The first-order chi connectivity index (χ1) is 9.69. The van der Waals surface area contributed by atoms with E-state index in [9.17, 15) is 9.59 Å². The monoisotopic (exact) mass is 264 g/mol. The number of fused-ring (bicyclic) bond motifs is 4. The molecule has 2 amide bonds. The first kappa shape index (κ1) is 11.4. The van der Waals surface area contributed by atoms with Crippen LogP contribution in [0.4, 0.5) is 0 Å². The highest BCUT2D eigenvalue weighted by Gasteiger charge is 2.60. The molecule has 2 bridgehead atoms. The smallest absolute Gasteiger partial charge is 0.268 e. The van der Waals surface area contributed by atoms with Crippen molar-refractivity contribution in [2.24, 2.45) is 5.92 Å². The van der Waals surface area contributed by atoms with Crippen LogP contribution in [-0.2, 0) is 15.0 Å². The average molecular weight is 264 g/mol. The molecule has 1 aromatic rings. The molecular weight excluding hydrogens is 252 g/mol. The molecule has 4 heteroatoms. The molecule has 1 saturated carbocycles. The van der Waals surface area contributed by atoms with Crippen molar-refractivity contribution in [3.05, 3.63) is 47.0 Å². The molecule has 1 aromatic carbocycles. The maximum Gasteiger partial charge on any atom is 0.271 e. The Morgan fingerprint density at radius 3 is 2.65 bits per heavy atom. The van der Waals surface area contributed by atoms with Gasteiger partial charge in [0.2, 0.25) is 0 Å². The van der Waals surface area contributed by atoms with E-state index in [-0.39, 0.29) is 11.3 Å². The van der Waals surface area contributed by atoms with Gasteiger partial charge < -0.3 is 0 Å². The van der Waals surface area contributed by atoms with E-state index in [1.165, 1.54) is 0 Å². The molecule has 1 aliphatic heterocycles. The SMILES string of the molecule is N#CN1C(=O)C2=C(C1=O)C1(c3ccccc3)CCC2C1. The average Bonchev–Trinajstić information content (AvgIpc) is 3.12. The van der Waals surface area contributed by atoms with Crippen molar-refractivity contribution in [3.8, 4) is 6.19 Å². The summed E-state index contributed by atoms with van der Waals surface area (Å²) in [6.07, 6.45) is 4.36. The van der Waals surface area contributed by atoms with E-state index in [2.05, 4.69) is 0 Å². The third kappa shape index (κ3) is 1.11. The predicted octanol–water partition coefficient (Wildman–Crippen LogP) is 1.88. The summed E-state index contributed by atoms with van der Waals surface area (Å²) in [6.45, 7) is 0. The first-order valence-corrected chi connectivity index (χ1v) is 6.78. The number of benzene rings is 1. The molecule has 0 N–H and O–H groups in total. The van der Waals surface area contributed by atoms with E-state index in [1.807, 2.05) is 30.3 Å². The first-order valence-electron chi connectivity index (χ1n) is 6.78. The second-order valence-electron chi connectivity index (χ2n) is 5.72. The van der Waals surface area contributed by atoms with E-state index < -0.39 is 11.8 Å². The van der Waals surface area contributed by atoms with E-state index in [0.717, 1.165) is 29.7 Å². The van der Waals surface area contributed by atoms with Crippen molar-refractivity contribution in [2.45, 2.75) is 24.7 Å². The Kier molecular flexibility index (Phi) is 2.04. The van der Waals surface area contributed by atoms with Crippen LogP contribution >= 0.6 is 0 Å². The summed E-state index contributed by atoms with van der Waals surface area (Å²) in [6, 6.07) is 9.90.